The summed E-state index contributed by atoms with van der Waals surface area (Å²) in [5, 5.41) is 9.22. The van der Waals surface area contributed by atoms with Gasteiger partial charge in [0.1, 0.15) is 0 Å². The Morgan fingerprint density at radius 3 is 2.29 bits per heavy atom. The number of carbonyl (C=O) groups is 1. The third kappa shape index (κ3) is 4.51. The predicted octanol–water partition coefficient (Wildman–Crippen LogP) is 5.54. The van der Waals surface area contributed by atoms with E-state index in [2.05, 4.69) is 46.6 Å². The summed E-state index contributed by atoms with van der Waals surface area (Å²) in [7, 11) is -4.78. The van der Waals surface area contributed by atoms with E-state index >= 15 is 0 Å². The monoisotopic (exact) mass is 386 g/mol. The lowest BCUT2D eigenvalue weighted by molar-refractivity contribution is -0.132. The molecule has 6 heteroatoms. The maximum Gasteiger partial charge on any atom is 0.330 e. The van der Waals surface area contributed by atoms with E-state index in [1.807, 2.05) is 6.08 Å². The van der Waals surface area contributed by atoms with Crippen molar-refractivity contribution in [1.29, 1.82) is 0 Å². The Labute approximate surface area is 151 Å². The Bertz CT molecular complexity index is 502. The molecule has 1 saturated heterocycles. The second-order valence-corrected chi connectivity index (χ2v) is 35.9. The van der Waals surface area contributed by atoms with Crippen LogP contribution in [0.5, 0.6) is 0 Å². The zero-order valence-electron chi connectivity index (χ0n) is 17.1. The summed E-state index contributed by atoms with van der Waals surface area (Å²) < 4.78 is 6.87. The van der Waals surface area contributed by atoms with Gasteiger partial charge in [0, 0.05) is 5.57 Å². The molecule has 0 aromatic carbocycles. The van der Waals surface area contributed by atoms with Crippen LogP contribution in [-0.2, 0) is 9.22 Å². The highest BCUT2D eigenvalue weighted by Gasteiger charge is 2.62. The smallest absolute Gasteiger partial charge is 0.330 e. The molecule has 3 nitrogen and oxygen atoms in total. The topological polar surface area (TPSA) is 46.5 Å². The van der Waals surface area contributed by atoms with Crippen LogP contribution >= 0.6 is 0 Å². The first kappa shape index (κ1) is 21.9. The molecule has 1 N–H and O–H groups in total. The number of allylic oxidation sites excluding steroid dienone is 1. The van der Waals surface area contributed by atoms with Crippen LogP contribution in [0.4, 0.5) is 0 Å². The minimum atomic E-state index is -1.72. The highest BCUT2D eigenvalue weighted by Crippen LogP contribution is 2.47. The van der Waals surface area contributed by atoms with E-state index in [0.717, 1.165) is 12.5 Å². The Morgan fingerprint density at radius 2 is 1.79 bits per heavy atom. The SMILES string of the molecule is CCCCCC1(C)C[Si](C)(CC=C(C)C(=O)O)[Si](C)(C)[Si](C)(C)O1. The first-order chi connectivity index (χ1) is 10.8. The molecule has 24 heavy (non-hydrogen) atoms. The third-order valence-corrected chi connectivity index (χ3v) is 46.8. The Hall–Kier alpha value is -0.179. The van der Waals surface area contributed by atoms with E-state index in [4.69, 9.17) is 4.43 Å². The molecule has 2 unspecified atom stereocenters. The van der Waals surface area contributed by atoms with E-state index < -0.39 is 28.5 Å². The molecule has 1 aliphatic heterocycles. The number of carboxylic acids is 1. The highest BCUT2D eigenvalue weighted by atomic mass is 29.6. The average Bonchev–Trinajstić information content (AvgIpc) is 2.42. The number of carboxylic acid groups (broad SMARTS) is 1. The normalized spacial score (nSPS) is 32.6. The van der Waals surface area contributed by atoms with Gasteiger partial charge in [-0.3, -0.25) is 0 Å². The molecule has 0 radical (unpaired) electrons. The Balaban J connectivity index is 3.13. The lowest BCUT2D eigenvalue weighted by atomic mass is 10.0. The zero-order valence-corrected chi connectivity index (χ0v) is 20.1. The molecular weight excluding hydrogens is 348 g/mol. The fourth-order valence-corrected chi connectivity index (χ4v) is 36.7. The summed E-state index contributed by atoms with van der Waals surface area (Å²) in [5.41, 5.74) is 0.520. The van der Waals surface area contributed by atoms with E-state index in [0.29, 0.717) is 5.57 Å². The third-order valence-electron chi connectivity index (χ3n) is 6.78. The number of rotatable bonds is 7. The second-order valence-electron chi connectivity index (χ2n) is 9.28. The van der Waals surface area contributed by atoms with Crippen molar-refractivity contribution in [3.63, 3.8) is 0 Å². The minimum absolute atomic E-state index is 0.0132. The summed E-state index contributed by atoms with van der Waals surface area (Å²) in [5.74, 6) is -0.777. The quantitative estimate of drug-likeness (QED) is 0.355. The molecule has 140 valence electrons. The molecule has 1 heterocycles. The molecule has 0 bridgehead atoms. The van der Waals surface area contributed by atoms with Crippen molar-refractivity contribution in [3.8, 4) is 0 Å². The lowest BCUT2D eigenvalue weighted by Gasteiger charge is -2.59. The fraction of sp³-hybridized carbons (Fsp3) is 0.833. The van der Waals surface area contributed by atoms with E-state index in [1.165, 1.54) is 25.3 Å². The summed E-state index contributed by atoms with van der Waals surface area (Å²) >= 11 is 0. The Kier molecular flexibility index (Phi) is 6.92. The highest BCUT2D eigenvalue weighted by molar-refractivity contribution is 7.68. The van der Waals surface area contributed by atoms with E-state index in [9.17, 15) is 9.90 Å². The Morgan fingerprint density at radius 1 is 1.21 bits per heavy atom. The van der Waals surface area contributed by atoms with Crippen LogP contribution in [0.1, 0.15) is 46.5 Å². The van der Waals surface area contributed by atoms with Gasteiger partial charge in [0.15, 0.2) is 7.83 Å². The number of hydrogen-bond donors (Lipinski definition) is 1. The molecule has 0 aliphatic carbocycles. The van der Waals surface area contributed by atoms with Crippen molar-refractivity contribution in [1.82, 2.24) is 0 Å². The minimum Gasteiger partial charge on any atom is -0.478 e. The van der Waals surface area contributed by atoms with Crippen molar-refractivity contribution in [2.75, 3.05) is 0 Å². The second kappa shape index (κ2) is 7.60. The van der Waals surface area contributed by atoms with E-state index in [-0.39, 0.29) is 5.60 Å². The van der Waals surface area contributed by atoms with Crippen molar-refractivity contribution in [3.05, 3.63) is 11.6 Å². The van der Waals surface area contributed by atoms with Crippen LogP contribution in [0.25, 0.3) is 0 Å². The fourth-order valence-electron chi connectivity index (χ4n) is 4.23. The van der Waals surface area contributed by atoms with Crippen LogP contribution in [0.3, 0.4) is 0 Å². The molecule has 0 amide bonds. The number of hydrogen-bond acceptors (Lipinski definition) is 2. The maximum absolute atomic E-state index is 11.2. The number of unbranched alkanes of at least 4 members (excludes halogenated alkanes) is 2. The van der Waals surface area contributed by atoms with Crippen molar-refractivity contribution < 1.29 is 14.3 Å². The molecule has 1 fully saturated rings. The van der Waals surface area contributed by atoms with Gasteiger partial charge in [-0.1, -0.05) is 51.9 Å². The molecule has 1 aliphatic rings. The van der Waals surface area contributed by atoms with Crippen LogP contribution in [0, 0.1) is 0 Å². The first-order valence-corrected chi connectivity index (χ1v) is 20.2. The molecular formula is C18H38O3Si3. The summed E-state index contributed by atoms with van der Waals surface area (Å²) in [6.45, 7) is 18.8. The van der Waals surface area contributed by atoms with Crippen LogP contribution < -0.4 is 0 Å². The summed E-state index contributed by atoms with van der Waals surface area (Å²) in [6.07, 6.45) is 6.94. The summed E-state index contributed by atoms with van der Waals surface area (Å²) in [4.78, 5) is 11.2. The van der Waals surface area contributed by atoms with Gasteiger partial charge in [0.25, 0.3) is 0 Å². The van der Waals surface area contributed by atoms with Gasteiger partial charge in [-0.15, -0.1) is 0 Å². The average molecular weight is 387 g/mol. The summed E-state index contributed by atoms with van der Waals surface area (Å²) in [6, 6.07) is 2.20. The number of aliphatic carboxylic acids is 1. The van der Waals surface area contributed by atoms with Gasteiger partial charge in [-0.25, -0.2) is 4.79 Å². The molecule has 1 rings (SSSR count). The molecule has 0 saturated carbocycles. The molecule has 0 aromatic rings. The van der Waals surface area contributed by atoms with Crippen molar-refractivity contribution in [2.45, 2.75) is 96.9 Å². The van der Waals surface area contributed by atoms with Gasteiger partial charge in [0.2, 0.25) is 0 Å². The first-order valence-electron chi connectivity index (χ1n) is 9.40. The maximum atomic E-state index is 11.2. The van der Waals surface area contributed by atoms with Crippen LogP contribution in [-0.4, -0.2) is 39.2 Å². The lowest BCUT2D eigenvalue weighted by Crippen LogP contribution is -2.78. The van der Waals surface area contributed by atoms with Crippen LogP contribution in [0.15, 0.2) is 11.6 Å². The van der Waals surface area contributed by atoms with Gasteiger partial charge < -0.3 is 9.53 Å². The van der Waals surface area contributed by atoms with Gasteiger partial charge in [0.05, 0.1) is 20.3 Å². The standard InChI is InChI=1S/C18H38O3Si3/c1-9-10-11-13-18(3)15-24(8,14-12-16(2)17(19)20)23(6,7)22(4,5)21-18/h12H,9-11,13-15H2,1-8H3,(H,19,20). The van der Waals surface area contributed by atoms with Crippen molar-refractivity contribution in [2.24, 2.45) is 0 Å². The predicted molar refractivity (Wildman–Crippen MR) is 111 cm³/mol. The molecule has 0 aromatic heterocycles. The largest absolute Gasteiger partial charge is 0.478 e. The zero-order chi connectivity index (χ0) is 18.8. The molecule has 2 atom stereocenters. The van der Waals surface area contributed by atoms with E-state index in [1.54, 1.807) is 6.92 Å². The van der Waals surface area contributed by atoms with Gasteiger partial charge in [-0.05, 0) is 45.5 Å². The molecule has 0 spiro atoms. The van der Waals surface area contributed by atoms with Gasteiger partial charge in [-0.2, -0.15) is 0 Å². The van der Waals surface area contributed by atoms with Crippen LogP contribution in [0.2, 0.25) is 44.8 Å². The van der Waals surface area contributed by atoms with Gasteiger partial charge >= 0.3 is 5.97 Å². The van der Waals surface area contributed by atoms with Crippen molar-refractivity contribution >= 4 is 28.5 Å².